The predicted octanol–water partition coefficient (Wildman–Crippen LogP) is 4.17. The van der Waals surface area contributed by atoms with Crippen molar-refractivity contribution in [1.29, 1.82) is 0 Å². The van der Waals surface area contributed by atoms with Gasteiger partial charge in [-0.25, -0.2) is 0 Å². The molecule has 0 radical (unpaired) electrons. The minimum Gasteiger partial charge on any atom is -0.304 e. The first-order valence-corrected chi connectivity index (χ1v) is 7.44. The minimum atomic E-state index is 0.0993. The van der Waals surface area contributed by atoms with E-state index < -0.39 is 0 Å². The van der Waals surface area contributed by atoms with Crippen LogP contribution in [0.3, 0.4) is 0 Å². The van der Waals surface area contributed by atoms with Crippen molar-refractivity contribution < 1.29 is 0 Å². The van der Waals surface area contributed by atoms with Gasteiger partial charge >= 0.3 is 0 Å². The fraction of sp³-hybridized carbons (Fsp3) is 0.444. The minimum absolute atomic E-state index is 0.0993. The third kappa shape index (κ3) is 3.36. The second kappa shape index (κ2) is 6.72. The molecule has 0 N–H and O–H groups in total. The third-order valence-corrected chi connectivity index (χ3v) is 4.15. The van der Waals surface area contributed by atoms with E-state index in [9.17, 15) is 0 Å². The van der Waals surface area contributed by atoms with Gasteiger partial charge in [-0.05, 0) is 38.0 Å². The molecule has 0 saturated heterocycles. The number of hydrogen-bond acceptors (Lipinski definition) is 1. The molecule has 102 valence electrons. The lowest BCUT2D eigenvalue weighted by Crippen LogP contribution is -2.31. The second-order valence-corrected chi connectivity index (χ2v) is 5.22. The van der Waals surface area contributed by atoms with Crippen molar-refractivity contribution in [3.8, 4) is 0 Å². The lowest BCUT2D eigenvalue weighted by atomic mass is 9.75. The molecule has 2 rings (SSSR count). The summed E-state index contributed by atoms with van der Waals surface area (Å²) in [5.41, 5.74) is 1.51. The molecule has 1 aromatic rings. The van der Waals surface area contributed by atoms with Crippen LogP contribution >= 0.6 is 0 Å². The smallest absolute Gasteiger partial charge is 0.0324 e. The summed E-state index contributed by atoms with van der Waals surface area (Å²) < 4.78 is 0. The quantitative estimate of drug-likeness (QED) is 0.690. The van der Waals surface area contributed by atoms with Crippen LogP contribution in [0.5, 0.6) is 0 Å². The molecule has 0 fully saturated rings. The number of benzene rings is 1. The largest absolute Gasteiger partial charge is 0.304 e. The van der Waals surface area contributed by atoms with Gasteiger partial charge in [-0.2, -0.15) is 0 Å². The van der Waals surface area contributed by atoms with E-state index in [1.165, 1.54) is 5.56 Å². The summed E-state index contributed by atoms with van der Waals surface area (Å²) in [5.74, 6) is 0. The normalized spacial score (nSPS) is 17.0. The molecule has 0 atom stereocenters. The summed E-state index contributed by atoms with van der Waals surface area (Å²) in [4.78, 5) is 2.50. The Morgan fingerprint density at radius 1 is 1.00 bits per heavy atom. The predicted molar refractivity (Wildman–Crippen MR) is 83.4 cm³/mol. The summed E-state index contributed by atoms with van der Waals surface area (Å²) in [5, 5.41) is 0. The summed E-state index contributed by atoms with van der Waals surface area (Å²) in [7, 11) is 0. The molecule has 0 saturated carbocycles. The van der Waals surface area contributed by atoms with E-state index in [0.29, 0.717) is 0 Å². The van der Waals surface area contributed by atoms with Crippen LogP contribution in [0, 0.1) is 0 Å². The van der Waals surface area contributed by atoms with Gasteiger partial charge < -0.3 is 4.90 Å². The highest BCUT2D eigenvalue weighted by molar-refractivity contribution is 5.39. The molecule has 1 nitrogen and oxygen atoms in total. The van der Waals surface area contributed by atoms with Crippen LogP contribution in [0.4, 0.5) is 0 Å². The fourth-order valence-corrected chi connectivity index (χ4v) is 2.83. The topological polar surface area (TPSA) is 3.24 Å². The van der Waals surface area contributed by atoms with Gasteiger partial charge in [-0.1, -0.05) is 68.5 Å². The fourth-order valence-electron chi connectivity index (χ4n) is 2.83. The van der Waals surface area contributed by atoms with E-state index in [1.807, 2.05) is 0 Å². The van der Waals surface area contributed by atoms with Gasteiger partial charge in [-0.15, -0.1) is 0 Å². The summed E-state index contributed by atoms with van der Waals surface area (Å²) >= 11 is 0. The van der Waals surface area contributed by atoms with Crippen LogP contribution in [0.25, 0.3) is 0 Å². The molecule has 0 aliphatic heterocycles. The molecular formula is C18H25N. The van der Waals surface area contributed by atoms with Crippen molar-refractivity contribution in [3.63, 3.8) is 0 Å². The van der Waals surface area contributed by atoms with E-state index in [-0.39, 0.29) is 5.41 Å². The standard InChI is InChI=1S/C18H25N/c1-3-19(4-2)16-15-18(13-9-6-10-14-18)17-11-7-5-8-12-17/h5,7-14H,3-4,6,15-16H2,1-2H3. The zero-order chi connectivity index (χ0) is 13.6. The van der Waals surface area contributed by atoms with Gasteiger partial charge in [0.2, 0.25) is 0 Å². The molecule has 1 aliphatic carbocycles. The second-order valence-electron chi connectivity index (χ2n) is 5.22. The van der Waals surface area contributed by atoms with Gasteiger partial charge in [0.25, 0.3) is 0 Å². The van der Waals surface area contributed by atoms with Crippen LogP contribution in [0.2, 0.25) is 0 Å². The highest BCUT2D eigenvalue weighted by atomic mass is 15.1. The number of rotatable bonds is 6. The molecule has 0 bridgehead atoms. The Balaban J connectivity index is 2.19. The van der Waals surface area contributed by atoms with Crippen LogP contribution in [0.1, 0.15) is 32.3 Å². The van der Waals surface area contributed by atoms with Crippen LogP contribution in [-0.2, 0) is 5.41 Å². The van der Waals surface area contributed by atoms with Gasteiger partial charge in [0, 0.05) is 5.41 Å². The Bertz CT molecular complexity index is 414. The van der Waals surface area contributed by atoms with Crippen molar-refractivity contribution in [1.82, 2.24) is 4.90 Å². The van der Waals surface area contributed by atoms with Crippen molar-refractivity contribution in [2.24, 2.45) is 0 Å². The monoisotopic (exact) mass is 255 g/mol. The first-order valence-electron chi connectivity index (χ1n) is 7.44. The average molecular weight is 255 g/mol. The van der Waals surface area contributed by atoms with E-state index in [4.69, 9.17) is 0 Å². The Labute approximate surface area is 117 Å². The number of nitrogens with zero attached hydrogens (tertiary/aromatic N) is 1. The average Bonchev–Trinajstić information content (AvgIpc) is 2.50. The molecular weight excluding hydrogens is 230 g/mol. The molecule has 0 amide bonds. The molecule has 19 heavy (non-hydrogen) atoms. The Kier molecular flexibility index (Phi) is 4.98. The van der Waals surface area contributed by atoms with E-state index >= 15 is 0 Å². The zero-order valence-corrected chi connectivity index (χ0v) is 12.2. The highest BCUT2D eigenvalue weighted by Gasteiger charge is 2.27. The SMILES string of the molecule is CCN(CC)CCC1(c2ccccc2)C=CCC=C1. The molecule has 1 aromatic carbocycles. The van der Waals surface area contributed by atoms with Crippen LogP contribution in [-0.4, -0.2) is 24.5 Å². The maximum Gasteiger partial charge on any atom is 0.0324 e. The molecule has 1 heteroatoms. The molecule has 0 aromatic heterocycles. The molecule has 0 spiro atoms. The zero-order valence-electron chi connectivity index (χ0n) is 12.2. The van der Waals surface area contributed by atoms with Gasteiger partial charge in [0.05, 0.1) is 0 Å². The van der Waals surface area contributed by atoms with Gasteiger partial charge in [-0.3, -0.25) is 0 Å². The van der Waals surface area contributed by atoms with Crippen molar-refractivity contribution in [3.05, 3.63) is 60.2 Å². The summed E-state index contributed by atoms with van der Waals surface area (Å²) in [6.45, 7) is 7.90. The number of allylic oxidation sites excluding steroid dienone is 4. The van der Waals surface area contributed by atoms with Crippen molar-refractivity contribution >= 4 is 0 Å². The maximum absolute atomic E-state index is 2.50. The Hall–Kier alpha value is -1.34. The van der Waals surface area contributed by atoms with E-state index in [1.54, 1.807) is 0 Å². The summed E-state index contributed by atoms with van der Waals surface area (Å²) in [6, 6.07) is 10.9. The Morgan fingerprint density at radius 3 is 2.21 bits per heavy atom. The van der Waals surface area contributed by atoms with E-state index in [0.717, 1.165) is 32.5 Å². The first-order chi connectivity index (χ1) is 9.30. The van der Waals surface area contributed by atoms with Crippen molar-refractivity contribution in [2.45, 2.75) is 32.1 Å². The Morgan fingerprint density at radius 2 is 1.63 bits per heavy atom. The van der Waals surface area contributed by atoms with Crippen LogP contribution in [0.15, 0.2) is 54.6 Å². The van der Waals surface area contributed by atoms with Crippen LogP contribution < -0.4 is 0 Å². The first kappa shape index (κ1) is 14.1. The van der Waals surface area contributed by atoms with Gasteiger partial charge in [0.1, 0.15) is 0 Å². The number of hydrogen-bond donors (Lipinski definition) is 0. The summed E-state index contributed by atoms with van der Waals surface area (Å²) in [6.07, 6.45) is 11.6. The van der Waals surface area contributed by atoms with Crippen molar-refractivity contribution in [2.75, 3.05) is 19.6 Å². The molecule has 0 heterocycles. The van der Waals surface area contributed by atoms with E-state index in [2.05, 4.69) is 73.4 Å². The molecule has 1 aliphatic rings. The highest BCUT2D eigenvalue weighted by Crippen LogP contribution is 2.34. The maximum atomic E-state index is 2.50. The third-order valence-electron chi connectivity index (χ3n) is 4.15. The molecule has 0 unspecified atom stereocenters. The lowest BCUT2D eigenvalue weighted by molar-refractivity contribution is 0.285. The van der Waals surface area contributed by atoms with Gasteiger partial charge in [0.15, 0.2) is 0 Å². The lowest BCUT2D eigenvalue weighted by Gasteiger charge is -2.32.